The van der Waals surface area contributed by atoms with Crippen LogP contribution in [0.1, 0.15) is 24.3 Å². The third-order valence-corrected chi connectivity index (χ3v) is 9.20. The van der Waals surface area contributed by atoms with E-state index in [4.69, 9.17) is 0 Å². The Morgan fingerprint density at radius 1 is 0.895 bits per heavy atom. The van der Waals surface area contributed by atoms with E-state index in [0.29, 0.717) is 5.84 Å². The van der Waals surface area contributed by atoms with E-state index in [0.717, 1.165) is 57.7 Å². The van der Waals surface area contributed by atoms with Crippen LogP contribution in [0.15, 0.2) is 57.8 Å². The van der Waals surface area contributed by atoms with Gasteiger partial charge in [-0.2, -0.15) is 8.42 Å². The Morgan fingerprint density at radius 2 is 1.47 bits per heavy atom. The van der Waals surface area contributed by atoms with E-state index in [2.05, 4.69) is 38.1 Å². The lowest BCUT2D eigenvalue weighted by molar-refractivity contribution is -0.384. The molecule has 0 bridgehead atoms. The van der Waals surface area contributed by atoms with Crippen LogP contribution in [0.4, 0.5) is 10.1 Å². The number of rotatable bonds is 6. The van der Waals surface area contributed by atoms with Crippen LogP contribution in [-0.2, 0) is 10.0 Å². The summed E-state index contributed by atoms with van der Waals surface area (Å²) in [5.41, 5.74) is 0.629. The topological polar surface area (TPSA) is 103 Å². The van der Waals surface area contributed by atoms with Crippen LogP contribution < -0.4 is 0 Å². The normalized spacial score (nSPS) is 25.4. The number of nitro benzene ring substituents is 1. The number of likely N-dealkylation sites (N-methyl/N-ethyl adjacent to an activating group) is 1. The predicted octanol–water partition coefficient (Wildman–Crippen LogP) is 2.59. The van der Waals surface area contributed by atoms with Crippen molar-refractivity contribution in [3.8, 4) is 0 Å². The number of amidine groups is 1. The lowest BCUT2D eigenvalue weighted by Gasteiger charge is -2.59. The van der Waals surface area contributed by atoms with Crippen molar-refractivity contribution in [1.82, 2.24) is 19.6 Å². The summed E-state index contributed by atoms with van der Waals surface area (Å²) in [7, 11) is 0.0295. The SMILES string of the molecule is CN1CCC(N2C(=NS(=O)(=O)c3ccc([N+](=O)[O-])cc3)C(c3ccc(F)cc3)C2N2CCN(C)CC2)CC1. The van der Waals surface area contributed by atoms with Gasteiger partial charge in [-0.3, -0.25) is 15.0 Å². The molecule has 204 valence electrons. The van der Waals surface area contributed by atoms with Crippen molar-refractivity contribution in [2.75, 3.05) is 53.4 Å². The number of sulfonamides is 1. The van der Waals surface area contributed by atoms with Crippen LogP contribution in [0, 0.1) is 15.9 Å². The van der Waals surface area contributed by atoms with Gasteiger partial charge in [-0.25, -0.2) is 4.39 Å². The monoisotopic (exact) mass is 544 g/mol. The van der Waals surface area contributed by atoms with Crippen molar-refractivity contribution < 1.29 is 17.7 Å². The number of nitro groups is 1. The fourth-order valence-corrected chi connectivity index (χ4v) is 6.71. The van der Waals surface area contributed by atoms with Crippen molar-refractivity contribution in [1.29, 1.82) is 0 Å². The van der Waals surface area contributed by atoms with E-state index in [1.165, 1.54) is 36.4 Å². The van der Waals surface area contributed by atoms with Crippen LogP contribution in [0.5, 0.6) is 0 Å². The standard InChI is InChI=1S/C26H33FN6O4S/c1-29-13-11-21(12-14-29)32-25(28-38(36,37)23-9-7-22(8-10-23)33(34)35)24(19-3-5-20(27)6-4-19)26(32)31-17-15-30(2)16-18-31/h3-10,21,24,26H,11-18H2,1-2H3. The second kappa shape index (κ2) is 10.7. The second-order valence-corrected chi connectivity index (χ2v) is 12.0. The van der Waals surface area contributed by atoms with Gasteiger partial charge in [-0.05, 0) is 69.9 Å². The van der Waals surface area contributed by atoms with Gasteiger partial charge < -0.3 is 14.7 Å². The van der Waals surface area contributed by atoms with Gasteiger partial charge in [0.1, 0.15) is 11.7 Å². The van der Waals surface area contributed by atoms with Crippen molar-refractivity contribution in [2.24, 2.45) is 4.40 Å². The van der Waals surface area contributed by atoms with Gasteiger partial charge in [0.2, 0.25) is 0 Å². The average Bonchev–Trinajstić information content (AvgIpc) is 2.89. The second-order valence-electron chi connectivity index (χ2n) is 10.4. The van der Waals surface area contributed by atoms with E-state index < -0.39 is 14.9 Å². The first-order valence-electron chi connectivity index (χ1n) is 12.9. The van der Waals surface area contributed by atoms with Crippen LogP contribution in [0.25, 0.3) is 0 Å². The number of hydrogen-bond acceptors (Lipinski definition) is 7. The van der Waals surface area contributed by atoms with Gasteiger partial charge in [0, 0.05) is 44.4 Å². The Hall–Kier alpha value is -2.93. The number of non-ortho nitro benzene ring substituents is 1. The molecule has 0 amide bonds. The van der Waals surface area contributed by atoms with Crippen LogP contribution >= 0.6 is 0 Å². The Labute approximate surface area is 222 Å². The van der Waals surface area contributed by atoms with Crippen molar-refractivity contribution in [3.63, 3.8) is 0 Å². The maximum Gasteiger partial charge on any atom is 0.283 e. The zero-order valence-electron chi connectivity index (χ0n) is 21.6. The molecule has 12 heteroatoms. The molecular weight excluding hydrogens is 511 g/mol. The van der Waals surface area contributed by atoms with E-state index in [1.807, 2.05) is 0 Å². The number of hydrogen-bond donors (Lipinski definition) is 0. The van der Waals surface area contributed by atoms with Crippen molar-refractivity contribution in [3.05, 3.63) is 70.0 Å². The Morgan fingerprint density at radius 3 is 2.05 bits per heavy atom. The Bertz CT molecular complexity index is 1290. The number of nitrogens with zero attached hydrogens (tertiary/aromatic N) is 6. The smallest absolute Gasteiger partial charge is 0.283 e. The highest BCUT2D eigenvalue weighted by atomic mass is 32.2. The molecule has 0 saturated carbocycles. The summed E-state index contributed by atoms with van der Waals surface area (Å²) >= 11 is 0. The largest absolute Gasteiger partial charge is 0.339 e. The van der Waals surface area contributed by atoms with Gasteiger partial charge in [-0.15, -0.1) is 4.40 Å². The molecule has 3 fully saturated rings. The molecular formula is C26H33FN6O4S. The molecule has 2 unspecified atom stereocenters. The molecule has 5 rings (SSSR count). The molecule has 10 nitrogen and oxygen atoms in total. The number of benzene rings is 2. The van der Waals surface area contributed by atoms with E-state index in [-0.39, 0.29) is 34.5 Å². The zero-order chi connectivity index (χ0) is 27.0. The molecule has 2 atom stereocenters. The highest BCUT2D eigenvalue weighted by Gasteiger charge is 2.53. The minimum atomic E-state index is -4.14. The molecule has 3 aliphatic rings. The van der Waals surface area contributed by atoms with Gasteiger partial charge in [0.25, 0.3) is 15.7 Å². The van der Waals surface area contributed by atoms with E-state index in [9.17, 15) is 22.9 Å². The molecule has 3 aliphatic heterocycles. The summed E-state index contributed by atoms with van der Waals surface area (Å²) in [6.07, 6.45) is 1.68. The fraction of sp³-hybridized carbons (Fsp3) is 0.500. The lowest BCUT2D eigenvalue weighted by Crippen LogP contribution is -2.71. The molecule has 0 aliphatic carbocycles. The van der Waals surface area contributed by atoms with E-state index >= 15 is 0 Å². The molecule has 0 aromatic heterocycles. The number of piperidine rings is 1. The average molecular weight is 545 g/mol. The molecule has 3 saturated heterocycles. The minimum Gasteiger partial charge on any atom is -0.339 e. The number of likely N-dealkylation sites (tertiary alicyclic amines) is 2. The first-order valence-corrected chi connectivity index (χ1v) is 14.3. The Kier molecular flexibility index (Phi) is 7.49. The summed E-state index contributed by atoms with van der Waals surface area (Å²) in [5.74, 6) is -0.242. The predicted molar refractivity (Wildman–Crippen MR) is 142 cm³/mol. The first kappa shape index (κ1) is 26.7. The summed E-state index contributed by atoms with van der Waals surface area (Å²) in [6, 6.07) is 11.1. The number of piperazine rings is 1. The summed E-state index contributed by atoms with van der Waals surface area (Å²) in [4.78, 5) is 19.5. The van der Waals surface area contributed by atoms with Crippen LogP contribution in [-0.4, -0.2) is 104 Å². The molecule has 2 aromatic carbocycles. The van der Waals surface area contributed by atoms with Crippen molar-refractivity contribution in [2.45, 2.75) is 35.9 Å². The van der Waals surface area contributed by atoms with Crippen molar-refractivity contribution >= 4 is 21.5 Å². The third kappa shape index (κ3) is 5.31. The quantitative estimate of drug-likeness (QED) is 0.404. The summed E-state index contributed by atoms with van der Waals surface area (Å²) in [6.45, 7) is 5.29. The Balaban J connectivity index is 1.57. The molecule has 0 spiro atoms. The summed E-state index contributed by atoms with van der Waals surface area (Å²) < 4.78 is 45.2. The zero-order valence-corrected chi connectivity index (χ0v) is 22.4. The minimum absolute atomic E-state index is 0.0895. The van der Waals surface area contributed by atoms with Gasteiger partial charge in [-0.1, -0.05) is 12.1 Å². The van der Waals surface area contributed by atoms with Gasteiger partial charge >= 0.3 is 0 Å². The fourth-order valence-electron chi connectivity index (χ4n) is 5.67. The summed E-state index contributed by atoms with van der Waals surface area (Å²) in [5, 5.41) is 11.1. The number of halogens is 1. The van der Waals surface area contributed by atoms with Gasteiger partial charge in [0.05, 0.1) is 21.9 Å². The maximum atomic E-state index is 13.8. The first-order chi connectivity index (χ1) is 18.1. The highest BCUT2D eigenvalue weighted by Crippen LogP contribution is 2.43. The molecule has 3 heterocycles. The van der Waals surface area contributed by atoms with Crippen LogP contribution in [0.2, 0.25) is 0 Å². The highest BCUT2D eigenvalue weighted by molar-refractivity contribution is 7.90. The van der Waals surface area contributed by atoms with Gasteiger partial charge in [0.15, 0.2) is 0 Å². The van der Waals surface area contributed by atoms with Crippen LogP contribution in [0.3, 0.4) is 0 Å². The van der Waals surface area contributed by atoms with E-state index in [1.54, 1.807) is 12.1 Å². The third-order valence-electron chi connectivity index (χ3n) is 7.91. The molecule has 2 aromatic rings. The lowest BCUT2D eigenvalue weighted by atomic mass is 9.81. The molecule has 0 N–H and O–H groups in total. The molecule has 38 heavy (non-hydrogen) atoms. The molecule has 0 radical (unpaired) electrons. The maximum absolute atomic E-state index is 13.8.